The van der Waals surface area contributed by atoms with Crippen LogP contribution in [0, 0.1) is 0 Å². The number of hydrogen-bond acceptors (Lipinski definition) is 4. The summed E-state index contributed by atoms with van der Waals surface area (Å²) in [5, 5.41) is 11.7. The highest BCUT2D eigenvalue weighted by atomic mass is 19.4. The predicted molar refractivity (Wildman–Crippen MR) is 110 cm³/mol. The average molecular weight is 444 g/mol. The number of ether oxygens (including phenoxy) is 1. The van der Waals surface area contributed by atoms with Crippen LogP contribution in [0.3, 0.4) is 0 Å². The molecule has 0 aliphatic heterocycles. The first kappa shape index (κ1) is 22.8. The molecule has 0 fully saturated rings. The summed E-state index contributed by atoms with van der Waals surface area (Å²) in [5.74, 6) is -1.23. The van der Waals surface area contributed by atoms with E-state index in [4.69, 9.17) is 9.84 Å². The summed E-state index contributed by atoms with van der Waals surface area (Å²) in [5.41, 5.74) is 0.697. The number of nitrogens with zero attached hydrogens (tertiary/aromatic N) is 1. The third kappa shape index (κ3) is 5.42. The Hall–Kier alpha value is -3.88. The van der Waals surface area contributed by atoms with Crippen molar-refractivity contribution in [3.05, 3.63) is 83.2 Å². The summed E-state index contributed by atoms with van der Waals surface area (Å²) in [4.78, 5) is 27.4. The highest BCUT2D eigenvalue weighted by Crippen LogP contribution is 2.37. The van der Waals surface area contributed by atoms with E-state index in [1.54, 1.807) is 30.3 Å². The number of amides is 1. The largest absolute Gasteiger partial charge is 0.496 e. The molecule has 0 radical (unpaired) electrons. The Balaban J connectivity index is 2.04. The van der Waals surface area contributed by atoms with E-state index < -0.39 is 23.6 Å². The lowest BCUT2D eigenvalue weighted by Crippen LogP contribution is -2.24. The van der Waals surface area contributed by atoms with Gasteiger partial charge in [0.2, 0.25) is 0 Å². The Morgan fingerprint density at radius 3 is 2.47 bits per heavy atom. The van der Waals surface area contributed by atoms with Crippen molar-refractivity contribution < 1.29 is 32.6 Å². The molecule has 0 aliphatic carbocycles. The summed E-state index contributed by atoms with van der Waals surface area (Å²) in [6, 6.07) is 12.6. The normalized spacial score (nSPS) is 11.1. The second kappa shape index (κ2) is 9.51. The lowest BCUT2D eigenvalue weighted by atomic mass is 9.94. The number of methoxy groups -OCH3 is 1. The van der Waals surface area contributed by atoms with Crippen LogP contribution in [0.1, 0.15) is 27.2 Å². The summed E-state index contributed by atoms with van der Waals surface area (Å²) in [7, 11) is 1.41. The molecule has 9 heteroatoms. The zero-order chi connectivity index (χ0) is 23.3. The van der Waals surface area contributed by atoms with E-state index in [1.165, 1.54) is 25.4 Å². The maximum absolute atomic E-state index is 13.3. The molecule has 3 aromatic rings. The highest BCUT2D eigenvalue weighted by Gasteiger charge is 2.31. The predicted octanol–water partition coefficient (Wildman–Crippen LogP) is 4.33. The van der Waals surface area contributed by atoms with Crippen molar-refractivity contribution in [3.8, 4) is 16.9 Å². The molecule has 6 nitrogen and oxygen atoms in total. The van der Waals surface area contributed by atoms with Crippen molar-refractivity contribution in [1.82, 2.24) is 10.3 Å². The van der Waals surface area contributed by atoms with Crippen molar-refractivity contribution in [2.75, 3.05) is 7.11 Å². The van der Waals surface area contributed by atoms with Crippen LogP contribution in [-0.4, -0.2) is 29.1 Å². The van der Waals surface area contributed by atoms with Gasteiger partial charge in [-0.05, 0) is 53.1 Å². The quantitative estimate of drug-likeness (QED) is 0.566. The van der Waals surface area contributed by atoms with Gasteiger partial charge in [-0.3, -0.25) is 14.6 Å². The van der Waals surface area contributed by atoms with Gasteiger partial charge in [0, 0.05) is 18.3 Å². The monoisotopic (exact) mass is 444 g/mol. The van der Waals surface area contributed by atoms with Crippen molar-refractivity contribution in [3.63, 3.8) is 0 Å². The molecule has 0 bridgehead atoms. The number of benzene rings is 2. The van der Waals surface area contributed by atoms with Crippen molar-refractivity contribution >= 4 is 11.9 Å². The van der Waals surface area contributed by atoms with Crippen LogP contribution in [0.2, 0.25) is 0 Å². The average Bonchev–Trinajstić information content (AvgIpc) is 2.76. The number of nitrogens with one attached hydrogen (secondary N) is 1. The SMILES string of the molecule is COc1ccc(CC(=O)O)cc1-c1ccc(C(F)(F)F)cc1CNC(=O)c1ccccn1. The lowest BCUT2D eigenvalue weighted by molar-refractivity contribution is -0.138. The van der Waals surface area contributed by atoms with Gasteiger partial charge in [0.15, 0.2) is 0 Å². The van der Waals surface area contributed by atoms with E-state index in [1.807, 2.05) is 0 Å². The molecule has 1 heterocycles. The van der Waals surface area contributed by atoms with Crippen LogP contribution in [0.5, 0.6) is 5.75 Å². The molecule has 0 saturated heterocycles. The molecule has 0 atom stereocenters. The van der Waals surface area contributed by atoms with Gasteiger partial charge in [0.25, 0.3) is 5.91 Å². The lowest BCUT2D eigenvalue weighted by Gasteiger charge is -2.17. The number of aromatic nitrogens is 1. The van der Waals surface area contributed by atoms with E-state index in [-0.39, 0.29) is 24.2 Å². The van der Waals surface area contributed by atoms with Gasteiger partial charge in [-0.15, -0.1) is 0 Å². The second-order valence-electron chi connectivity index (χ2n) is 6.87. The maximum Gasteiger partial charge on any atom is 0.416 e. The summed E-state index contributed by atoms with van der Waals surface area (Å²) in [6.45, 7) is -0.207. The Kier molecular flexibility index (Phi) is 6.77. The molecule has 2 N–H and O–H groups in total. The van der Waals surface area contributed by atoms with Gasteiger partial charge in [-0.25, -0.2) is 0 Å². The van der Waals surface area contributed by atoms with Gasteiger partial charge in [-0.1, -0.05) is 18.2 Å². The molecule has 3 rings (SSSR count). The van der Waals surface area contributed by atoms with Crippen LogP contribution in [0.4, 0.5) is 13.2 Å². The zero-order valence-corrected chi connectivity index (χ0v) is 16.9. The Morgan fingerprint density at radius 2 is 1.84 bits per heavy atom. The van der Waals surface area contributed by atoms with Gasteiger partial charge in [0.1, 0.15) is 11.4 Å². The number of carbonyl (C=O) groups is 2. The van der Waals surface area contributed by atoms with Crippen LogP contribution in [-0.2, 0) is 23.9 Å². The molecule has 1 aromatic heterocycles. The number of aliphatic carboxylic acids is 1. The van der Waals surface area contributed by atoms with Crippen molar-refractivity contribution in [1.29, 1.82) is 0 Å². The first-order valence-corrected chi connectivity index (χ1v) is 9.47. The Morgan fingerprint density at radius 1 is 1.06 bits per heavy atom. The first-order chi connectivity index (χ1) is 15.2. The van der Waals surface area contributed by atoms with E-state index in [2.05, 4.69) is 10.3 Å². The number of carboxylic acid groups (broad SMARTS) is 1. The maximum atomic E-state index is 13.3. The Bertz CT molecular complexity index is 1130. The van der Waals surface area contributed by atoms with Gasteiger partial charge in [0.05, 0.1) is 19.1 Å². The molecule has 166 valence electrons. The van der Waals surface area contributed by atoms with Crippen LogP contribution in [0.15, 0.2) is 60.8 Å². The fourth-order valence-electron chi connectivity index (χ4n) is 3.19. The summed E-state index contributed by atoms with van der Waals surface area (Å²) < 4.78 is 45.3. The molecule has 0 spiro atoms. The molecular weight excluding hydrogens is 425 g/mol. The molecule has 0 aliphatic rings. The number of pyridine rings is 1. The Labute approximate surface area is 181 Å². The third-order valence-electron chi connectivity index (χ3n) is 4.68. The minimum atomic E-state index is -4.58. The smallest absolute Gasteiger partial charge is 0.416 e. The van der Waals surface area contributed by atoms with E-state index >= 15 is 0 Å². The first-order valence-electron chi connectivity index (χ1n) is 9.47. The molecule has 0 saturated carbocycles. The summed E-state index contributed by atoms with van der Waals surface area (Å²) >= 11 is 0. The molecular formula is C23H19F3N2O4. The molecule has 2 aromatic carbocycles. The number of carboxylic acids is 1. The van der Waals surface area contributed by atoms with E-state index in [0.29, 0.717) is 22.4 Å². The molecule has 0 unspecified atom stereocenters. The van der Waals surface area contributed by atoms with Gasteiger partial charge < -0.3 is 15.2 Å². The minimum absolute atomic E-state index is 0.127. The number of carbonyl (C=O) groups excluding carboxylic acids is 1. The van der Waals surface area contributed by atoms with Crippen molar-refractivity contribution in [2.24, 2.45) is 0 Å². The summed E-state index contributed by atoms with van der Waals surface area (Å²) in [6.07, 6.45) is -3.40. The number of halogens is 3. The number of alkyl halides is 3. The third-order valence-corrected chi connectivity index (χ3v) is 4.68. The molecule has 1 amide bonds. The van der Waals surface area contributed by atoms with Crippen molar-refractivity contribution in [2.45, 2.75) is 19.1 Å². The fourth-order valence-corrected chi connectivity index (χ4v) is 3.19. The van der Waals surface area contributed by atoms with Crippen LogP contribution < -0.4 is 10.1 Å². The van der Waals surface area contributed by atoms with E-state index in [0.717, 1.165) is 12.1 Å². The highest BCUT2D eigenvalue weighted by molar-refractivity contribution is 5.92. The van der Waals surface area contributed by atoms with Crippen LogP contribution in [0.25, 0.3) is 11.1 Å². The fraction of sp³-hybridized carbons (Fsp3) is 0.174. The minimum Gasteiger partial charge on any atom is -0.496 e. The number of hydrogen-bond donors (Lipinski definition) is 2. The second-order valence-corrected chi connectivity index (χ2v) is 6.87. The zero-order valence-electron chi connectivity index (χ0n) is 16.9. The van der Waals surface area contributed by atoms with Gasteiger partial charge >= 0.3 is 12.1 Å². The number of rotatable bonds is 7. The van der Waals surface area contributed by atoms with E-state index in [9.17, 15) is 22.8 Å². The standard InChI is InChI=1S/C23H19F3N2O4/c1-32-20-8-5-14(11-21(29)30)10-18(20)17-7-6-16(23(24,25)26)12-15(17)13-28-22(31)19-4-2-3-9-27-19/h2-10,12H,11,13H2,1H3,(H,28,31)(H,29,30). The topological polar surface area (TPSA) is 88.5 Å². The van der Waals surface area contributed by atoms with Crippen LogP contribution >= 0.6 is 0 Å². The molecule has 32 heavy (non-hydrogen) atoms. The van der Waals surface area contributed by atoms with Gasteiger partial charge in [-0.2, -0.15) is 13.2 Å².